The van der Waals surface area contributed by atoms with Crippen molar-refractivity contribution < 1.29 is 23.8 Å². The Bertz CT molecular complexity index is 825. The number of rotatable bonds is 8. The third-order valence-electron chi connectivity index (χ3n) is 4.18. The molecule has 0 unspecified atom stereocenters. The van der Waals surface area contributed by atoms with E-state index in [1.165, 1.54) is 33.2 Å². The van der Waals surface area contributed by atoms with Crippen molar-refractivity contribution in [1.82, 2.24) is 4.90 Å². The van der Waals surface area contributed by atoms with Crippen LogP contribution in [0.25, 0.3) is 0 Å². The highest BCUT2D eigenvalue weighted by Gasteiger charge is 2.17. The molecule has 1 N–H and O–H groups in total. The summed E-state index contributed by atoms with van der Waals surface area (Å²) >= 11 is 0. The van der Waals surface area contributed by atoms with Gasteiger partial charge in [0.25, 0.3) is 0 Å². The van der Waals surface area contributed by atoms with Crippen molar-refractivity contribution in [3.05, 3.63) is 47.5 Å². The number of hydrogen-bond donors (Lipinski definition) is 1. The zero-order valence-corrected chi connectivity index (χ0v) is 16.9. The summed E-state index contributed by atoms with van der Waals surface area (Å²) in [4.78, 5) is 26.0. The standard InChI is InChI=1S/C21H26N2O5/c1-14-7-6-8-16(9-14)12-23(15(2)24)13-20(25)22-17-10-18(26-3)21(28-5)19(11-17)27-4/h6-11H,12-13H2,1-5H3,(H,22,25). The molecule has 0 saturated carbocycles. The fraction of sp³-hybridized carbons (Fsp3) is 0.333. The van der Waals surface area contributed by atoms with E-state index in [1.54, 1.807) is 12.1 Å². The van der Waals surface area contributed by atoms with Crippen LogP contribution < -0.4 is 19.5 Å². The summed E-state index contributed by atoms with van der Waals surface area (Å²) in [5, 5.41) is 2.78. The van der Waals surface area contributed by atoms with Gasteiger partial charge in [-0.2, -0.15) is 0 Å². The molecule has 0 bridgehead atoms. The molecule has 0 atom stereocenters. The Morgan fingerprint density at radius 3 is 2.14 bits per heavy atom. The number of nitrogens with zero attached hydrogens (tertiary/aromatic N) is 1. The minimum absolute atomic E-state index is 0.0695. The molecule has 7 nitrogen and oxygen atoms in total. The van der Waals surface area contributed by atoms with Crippen LogP contribution in [0.3, 0.4) is 0 Å². The maximum atomic E-state index is 12.5. The van der Waals surface area contributed by atoms with Crippen LogP contribution in [-0.4, -0.2) is 44.6 Å². The fourth-order valence-electron chi connectivity index (χ4n) is 2.84. The normalized spacial score (nSPS) is 10.2. The molecule has 150 valence electrons. The zero-order valence-electron chi connectivity index (χ0n) is 16.9. The SMILES string of the molecule is COc1cc(NC(=O)CN(Cc2cccc(C)c2)C(C)=O)cc(OC)c1OC. The van der Waals surface area contributed by atoms with E-state index < -0.39 is 0 Å². The molecule has 0 radical (unpaired) electrons. The van der Waals surface area contributed by atoms with E-state index in [1.807, 2.05) is 31.2 Å². The summed E-state index contributed by atoms with van der Waals surface area (Å²) in [6, 6.07) is 11.1. The van der Waals surface area contributed by atoms with Crippen molar-refractivity contribution in [2.75, 3.05) is 33.2 Å². The first-order chi connectivity index (χ1) is 13.4. The molecule has 0 aliphatic carbocycles. The number of benzene rings is 2. The first-order valence-electron chi connectivity index (χ1n) is 8.78. The molecule has 0 aliphatic rings. The van der Waals surface area contributed by atoms with Crippen LogP contribution in [0.1, 0.15) is 18.1 Å². The zero-order chi connectivity index (χ0) is 20.7. The van der Waals surface area contributed by atoms with Crippen molar-refractivity contribution in [1.29, 1.82) is 0 Å². The number of amides is 2. The maximum Gasteiger partial charge on any atom is 0.244 e. The van der Waals surface area contributed by atoms with E-state index in [-0.39, 0.29) is 18.4 Å². The quantitative estimate of drug-likeness (QED) is 0.755. The van der Waals surface area contributed by atoms with Gasteiger partial charge in [-0.1, -0.05) is 29.8 Å². The van der Waals surface area contributed by atoms with Crippen LogP contribution in [0, 0.1) is 6.92 Å². The molecule has 7 heteroatoms. The van der Waals surface area contributed by atoms with Crippen molar-refractivity contribution in [2.24, 2.45) is 0 Å². The smallest absolute Gasteiger partial charge is 0.244 e. The van der Waals surface area contributed by atoms with Gasteiger partial charge in [0.15, 0.2) is 11.5 Å². The molecular weight excluding hydrogens is 360 g/mol. The van der Waals surface area contributed by atoms with Gasteiger partial charge >= 0.3 is 0 Å². The molecule has 0 saturated heterocycles. The molecule has 2 aromatic rings. The number of carbonyl (C=O) groups is 2. The predicted octanol–water partition coefficient (Wildman–Crippen LogP) is 3.01. The van der Waals surface area contributed by atoms with Crippen LogP contribution in [-0.2, 0) is 16.1 Å². The van der Waals surface area contributed by atoms with Gasteiger partial charge < -0.3 is 24.4 Å². The van der Waals surface area contributed by atoms with E-state index in [0.717, 1.165) is 11.1 Å². The second-order valence-corrected chi connectivity index (χ2v) is 6.33. The minimum atomic E-state index is -0.322. The highest BCUT2D eigenvalue weighted by molar-refractivity contribution is 5.94. The van der Waals surface area contributed by atoms with Gasteiger partial charge in [0.1, 0.15) is 6.54 Å². The van der Waals surface area contributed by atoms with Crippen LogP contribution in [0.15, 0.2) is 36.4 Å². The Kier molecular flexibility index (Phi) is 7.26. The Hall–Kier alpha value is -3.22. The molecule has 0 heterocycles. The summed E-state index contributed by atoms with van der Waals surface area (Å²) in [5.41, 5.74) is 2.55. The van der Waals surface area contributed by atoms with Gasteiger partial charge in [-0.25, -0.2) is 0 Å². The summed E-state index contributed by atoms with van der Waals surface area (Å²) in [7, 11) is 4.51. The largest absolute Gasteiger partial charge is 0.493 e. The second kappa shape index (κ2) is 9.64. The summed E-state index contributed by atoms with van der Waals surface area (Å²) < 4.78 is 15.9. The van der Waals surface area contributed by atoms with E-state index in [2.05, 4.69) is 5.32 Å². The van der Waals surface area contributed by atoms with E-state index >= 15 is 0 Å². The highest BCUT2D eigenvalue weighted by Crippen LogP contribution is 2.39. The number of ether oxygens (including phenoxy) is 3. The summed E-state index contributed by atoms with van der Waals surface area (Å²) in [6.45, 7) is 3.72. The Labute approximate surface area is 165 Å². The number of methoxy groups -OCH3 is 3. The number of carbonyl (C=O) groups excluding carboxylic acids is 2. The van der Waals surface area contributed by atoms with Crippen LogP contribution in [0.5, 0.6) is 17.2 Å². The molecule has 0 fully saturated rings. The molecule has 2 rings (SSSR count). The molecule has 0 aliphatic heterocycles. The van der Waals surface area contributed by atoms with E-state index in [9.17, 15) is 9.59 Å². The second-order valence-electron chi connectivity index (χ2n) is 6.33. The fourth-order valence-corrected chi connectivity index (χ4v) is 2.84. The lowest BCUT2D eigenvalue weighted by Gasteiger charge is -2.21. The Morgan fingerprint density at radius 2 is 1.64 bits per heavy atom. The summed E-state index contributed by atoms with van der Waals surface area (Å²) in [6.07, 6.45) is 0. The van der Waals surface area contributed by atoms with E-state index in [4.69, 9.17) is 14.2 Å². The maximum absolute atomic E-state index is 12.5. The van der Waals surface area contributed by atoms with Crippen molar-refractivity contribution in [3.63, 3.8) is 0 Å². The van der Waals surface area contributed by atoms with Gasteiger partial charge in [0.05, 0.1) is 21.3 Å². The molecule has 0 spiro atoms. The average molecular weight is 386 g/mol. The summed E-state index contributed by atoms with van der Waals surface area (Å²) in [5.74, 6) is 0.798. The van der Waals surface area contributed by atoms with Crippen LogP contribution in [0.2, 0.25) is 0 Å². The first-order valence-corrected chi connectivity index (χ1v) is 8.78. The van der Waals surface area contributed by atoms with Gasteiger partial charge in [0.2, 0.25) is 17.6 Å². The minimum Gasteiger partial charge on any atom is -0.493 e. The van der Waals surface area contributed by atoms with Crippen LogP contribution >= 0.6 is 0 Å². The van der Waals surface area contributed by atoms with E-state index in [0.29, 0.717) is 29.5 Å². The van der Waals surface area contributed by atoms with Gasteiger partial charge in [-0.15, -0.1) is 0 Å². The third-order valence-corrected chi connectivity index (χ3v) is 4.18. The molecular formula is C21H26N2O5. The molecule has 2 aromatic carbocycles. The number of nitrogens with one attached hydrogen (secondary N) is 1. The number of hydrogen-bond acceptors (Lipinski definition) is 5. The van der Waals surface area contributed by atoms with Gasteiger partial charge in [-0.3, -0.25) is 9.59 Å². The number of anilines is 1. The third kappa shape index (κ3) is 5.39. The lowest BCUT2D eigenvalue weighted by molar-refractivity contribution is -0.133. The van der Waals surface area contributed by atoms with Crippen LogP contribution in [0.4, 0.5) is 5.69 Å². The molecule has 2 amide bonds. The van der Waals surface area contributed by atoms with Gasteiger partial charge in [-0.05, 0) is 12.5 Å². The monoisotopic (exact) mass is 386 g/mol. The van der Waals surface area contributed by atoms with Crippen molar-refractivity contribution >= 4 is 17.5 Å². The number of aryl methyl sites for hydroxylation is 1. The van der Waals surface area contributed by atoms with Crippen molar-refractivity contribution in [2.45, 2.75) is 20.4 Å². The Morgan fingerprint density at radius 1 is 1.00 bits per heavy atom. The lowest BCUT2D eigenvalue weighted by atomic mass is 10.1. The topological polar surface area (TPSA) is 77.1 Å². The van der Waals surface area contributed by atoms with Gasteiger partial charge in [0, 0.05) is 31.3 Å². The molecule has 0 aromatic heterocycles. The Balaban J connectivity index is 2.13. The lowest BCUT2D eigenvalue weighted by Crippen LogP contribution is -2.36. The predicted molar refractivity (Wildman–Crippen MR) is 107 cm³/mol. The first kappa shape index (κ1) is 21.1. The molecule has 28 heavy (non-hydrogen) atoms. The highest BCUT2D eigenvalue weighted by atomic mass is 16.5. The average Bonchev–Trinajstić information content (AvgIpc) is 2.66. The van der Waals surface area contributed by atoms with Crippen molar-refractivity contribution in [3.8, 4) is 17.2 Å².